The molecular formula is C25H28BrNO5. The number of hydrogen-bond acceptors (Lipinski definition) is 5. The second-order valence-corrected chi connectivity index (χ2v) is 9.27. The van der Waals surface area contributed by atoms with Gasteiger partial charge in [0.2, 0.25) is 0 Å². The summed E-state index contributed by atoms with van der Waals surface area (Å²) in [5, 5.41) is 1.23. The minimum atomic E-state index is -1.06. The Kier molecular flexibility index (Phi) is 6.93. The number of methoxy groups -OCH3 is 1. The molecule has 0 bridgehead atoms. The maximum Gasteiger partial charge on any atom is 0.344 e. The lowest BCUT2D eigenvalue weighted by Crippen LogP contribution is -2.46. The molecule has 0 N–H and O–H groups in total. The van der Waals surface area contributed by atoms with Gasteiger partial charge in [-0.1, -0.05) is 29.8 Å². The summed E-state index contributed by atoms with van der Waals surface area (Å²) in [6.45, 7) is 11.1. The Morgan fingerprint density at radius 1 is 1.09 bits per heavy atom. The van der Waals surface area contributed by atoms with Gasteiger partial charge in [0, 0.05) is 11.6 Å². The van der Waals surface area contributed by atoms with Crippen molar-refractivity contribution in [2.45, 2.75) is 53.4 Å². The van der Waals surface area contributed by atoms with Crippen molar-refractivity contribution in [1.82, 2.24) is 5.06 Å². The molecule has 1 amide bonds. The monoisotopic (exact) mass is 501 g/mol. The van der Waals surface area contributed by atoms with Crippen molar-refractivity contribution < 1.29 is 23.9 Å². The molecule has 1 atom stereocenters. The topological polar surface area (TPSA) is 65.1 Å². The van der Waals surface area contributed by atoms with Crippen LogP contribution in [0.1, 0.15) is 53.4 Å². The summed E-state index contributed by atoms with van der Waals surface area (Å²) in [6, 6.07) is 11.0. The highest BCUT2D eigenvalue weighted by molar-refractivity contribution is 9.10. The summed E-state index contributed by atoms with van der Waals surface area (Å²) in [5.74, 6) is -0.708. The summed E-state index contributed by atoms with van der Waals surface area (Å²) < 4.78 is 11.8. The highest BCUT2D eigenvalue weighted by atomic mass is 79.9. The third-order valence-corrected chi connectivity index (χ3v) is 6.18. The Balaban J connectivity index is 2.19. The van der Waals surface area contributed by atoms with Crippen molar-refractivity contribution in [3.8, 4) is 0 Å². The van der Waals surface area contributed by atoms with Gasteiger partial charge < -0.3 is 9.47 Å². The number of benzene rings is 2. The van der Waals surface area contributed by atoms with Crippen LogP contribution in [0.15, 0.2) is 46.6 Å². The van der Waals surface area contributed by atoms with Gasteiger partial charge in [0.15, 0.2) is 6.29 Å². The van der Waals surface area contributed by atoms with Gasteiger partial charge >= 0.3 is 5.97 Å². The Labute approximate surface area is 197 Å². The predicted octanol–water partition coefficient (Wildman–Crippen LogP) is 5.49. The van der Waals surface area contributed by atoms with E-state index in [1.807, 2.05) is 39.0 Å². The van der Waals surface area contributed by atoms with Gasteiger partial charge in [-0.2, -0.15) is 0 Å². The molecule has 170 valence electrons. The van der Waals surface area contributed by atoms with Crippen LogP contribution in [-0.4, -0.2) is 35.9 Å². The van der Waals surface area contributed by atoms with E-state index in [0.29, 0.717) is 15.6 Å². The minimum Gasteiger partial charge on any atom is -0.424 e. The first-order valence-corrected chi connectivity index (χ1v) is 11.1. The normalized spacial score (nSPS) is 16.5. The maximum absolute atomic E-state index is 13.6. The molecule has 1 aliphatic rings. The number of rotatable bonds is 6. The van der Waals surface area contributed by atoms with Crippen molar-refractivity contribution in [3.63, 3.8) is 0 Å². The summed E-state index contributed by atoms with van der Waals surface area (Å²) in [5.41, 5.74) is 3.27. The van der Waals surface area contributed by atoms with Gasteiger partial charge in [0.1, 0.15) is 11.3 Å². The molecule has 1 aliphatic heterocycles. The van der Waals surface area contributed by atoms with E-state index in [-0.39, 0.29) is 11.7 Å². The second-order valence-electron chi connectivity index (χ2n) is 8.41. The number of hydroxylamine groups is 2. The maximum atomic E-state index is 13.6. The van der Waals surface area contributed by atoms with E-state index in [9.17, 15) is 9.59 Å². The fraction of sp³-hybridized carbons (Fsp3) is 0.360. The molecule has 1 heterocycles. The van der Waals surface area contributed by atoms with Crippen molar-refractivity contribution in [2.75, 3.05) is 7.11 Å². The number of carbonyl (C=O) groups excluding carboxylic acids is 2. The van der Waals surface area contributed by atoms with E-state index in [1.54, 1.807) is 39.0 Å². The van der Waals surface area contributed by atoms with E-state index in [2.05, 4.69) is 15.9 Å². The van der Waals surface area contributed by atoms with Crippen molar-refractivity contribution in [1.29, 1.82) is 0 Å². The lowest BCUT2D eigenvalue weighted by molar-refractivity contribution is -0.276. The van der Waals surface area contributed by atoms with E-state index >= 15 is 0 Å². The molecule has 0 saturated carbocycles. The van der Waals surface area contributed by atoms with E-state index in [4.69, 9.17) is 14.3 Å². The first kappa shape index (κ1) is 24.2. The standard InChI is InChI=1S/C25H28BrNO5/c1-14-12-15(2)20(16(3)13-14)21-22(31-24(29)18-10-8-9-11-19(18)26)25(5,6)27(23(21)28)32-17(4)30-7/h8-13,17H,1-7H3. The number of carbonyl (C=O) groups is 2. The fourth-order valence-corrected chi connectivity index (χ4v) is 4.41. The van der Waals surface area contributed by atoms with Crippen LogP contribution in [0.5, 0.6) is 0 Å². The first-order valence-electron chi connectivity index (χ1n) is 10.3. The molecule has 0 aliphatic carbocycles. The molecular weight excluding hydrogens is 474 g/mol. The van der Waals surface area contributed by atoms with Crippen LogP contribution in [0.4, 0.5) is 0 Å². The smallest absolute Gasteiger partial charge is 0.344 e. The lowest BCUT2D eigenvalue weighted by atomic mass is 9.91. The second kappa shape index (κ2) is 9.17. The highest BCUT2D eigenvalue weighted by Gasteiger charge is 2.51. The summed E-state index contributed by atoms with van der Waals surface area (Å²) in [7, 11) is 1.49. The molecule has 32 heavy (non-hydrogen) atoms. The van der Waals surface area contributed by atoms with Crippen molar-refractivity contribution >= 4 is 33.4 Å². The average Bonchev–Trinajstić information content (AvgIpc) is 2.88. The molecule has 0 fully saturated rings. The predicted molar refractivity (Wildman–Crippen MR) is 126 cm³/mol. The summed E-state index contributed by atoms with van der Waals surface area (Å²) >= 11 is 3.40. The molecule has 0 radical (unpaired) electrons. The van der Waals surface area contributed by atoms with Gasteiger partial charge in [-0.15, -0.1) is 0 Å². The number of hydrogen-bond donors (Lipinski definition) is 0. The lowest BCUT2D eigenvalue weighted by Gasteiger charge is -2.33. The Morgan fingerprint density at radius 3 is 2.25 bits per heavy atom. The third kappa shape index (κ3) is 4.37. The Hall–Kier alpha value is -2.48. The van der Waals surface area contributed by atoms with Crippen LogP contribution >= 0.6 is 15.9 Å². The van der Waals surface area contributed by atoms with E-state index in [1.165, 1.54) is 12.2 Å². The highest BCUT2D eigenvalue weighted by Crippen LogP contribution is 2.43. The number of nitrogens with zero attached hydrogens (tertiary/aromatic N) is 1. The molecule has 7 heteroatoms. The zero-order valence-corrected chi connectivity index (χ0v) is 21.0. The number of amides is 1. The largest absolute Gasteiger partial charge is 0.424 e. The number of ether oxygens (including phenoxy) is 2. The first-order chi connectivity index (χ1) is 15.0. The third-order valence-electron chi connectivity index (χ3n) is 5.49. The summed E-state index contributed by atoms with van der Waals surface area (Å²) in [4.78, 5) is 32.6. The average molecular weight is 502 g/mol. The molecule has 1 unspecified atom stereocenters. The zero-order valence-electron chi connectivity index (χ0n) is 19.4. The van der Waals surface area contributed by atoms with Crippen LogP contribution < -0.4 is 0 Å². The zero-order chi connectivity index (χ0) is 23.8. The van der Waals surface area contributed by atoms with Crippen molar-refractivity contribution in [3.05, 3.63) is 74.4 Å². The molecule has 2 aromatic carbocycles. The summed E-state index contributed by atoms with van der Waals surface area (Å²) in [6.07, 6.45) is -0.669. The van der Waals surface area contributed by atoms with Gasteiger partial charge in [-0.25, -0.2) is 14.7 Å². The Bertz CT molecular complexity index is 1080. The van der Waals surface area contributed by atoms with Gasteiger partial charge in [-0.05, 0) is 86.3 Å². The number of halogens is 1. The van der Waals surface area contributed by atoms with Crippen molar-refractivity contribution in [2.24, 2.45) is 0 Å². The van der Waals surface area contributed by atoms with Gasteiger partial charge in [-0.3, -0.25) is 4.79 Å². The van der Waals surface area contributed by atoms with Crippen LogP contribution in [0.3, 0.4) is 0 Å². The van der Waals surface area contributed by atoms with Crippen LogP contribution in [0.2, 0.25) is 0 Å². The Morgan fingerprint density at radius 2 is 1.69 bits per heavy atom. The number of esters is 1. The van der Waals surface area contributed by atoms with E-state index in [0.717, 1.165) is 22.3 Å². The number of aryl methyl sites for hydroxylation is 3. The molecule has 0 spiro atoms. The van der Waals surface area contributed by atoms with Crippen LogP contribution in [0.25, 0.3) is 5.57 Å². The molecule has 2 aromatic rings. The molecule has 3 rings (SSSR count). The SMILES string of the molecule is COC(C)ON1C(=O)C(c2c(C)cc(C)cc2C)=C(OC(=O)c2ccccc2Br)C1(C)C. The molecule has 0 aromatic heterocycles. The van der Waals surface area contributed by atoms with Gasteiger partial charge in [0.05, 0.1) is 11.1 Å². The van der Waals surface area contributed by atoms with E-state index < -0.39 is 17.8 Å². The molecule has 6 nitrogen and oxygen atoms in total. The molecule has 0 saturated heterocycles. The van der Waals surface area contributed by atoms with Gasteiger partial charge in [0.25, 0.3) is 5.91 Å². The van der Waals surface area contributed by atoms with Crippen LogP contribution in [0, 0.1) is 20.8 Å². The van der Waals surface area contributed by atoms with Crippen LogP contribution in [-0.2, 0) is 19.1 Å². The fourth-order valence-electron chi connectivity index (χ4n) is 3.97. The quantitative estimate of drug-likeness (QED) is 0.386. The minimum absolute atomic E-state index is 0.238.